The molecule has 0 amide bonds. The van der Waals surface area contributed by atoms with Crippen LogP contribution in [-0.2, 0) is 0 Å². The molecule has 2 nitrogen and oxygen atoms in total. The van der Waals surface area contributed by atoms with Crippen molar-refractivity contribution in [1.29, 1.82) is 0 Å². The van der Waals surface area contributed by atoms with E-state index >= 15 is 0 Å². The minimum Gasteiger partial charge on any atom is -0.289 e. The lowest BCUT2D eigenvalue weighted by Crippen LogP contribution is -2.01. The van der Waals surface area contributed by atoms with E-state index in [1.54, 1.807) is 30.6 Å². The molecule has 0 aliphatic heterocycles. The zero-order chi connectivity index (χ0) is 11.5. The highest BCUT2D eigenvalue weighted by Gasteiger charge is 2.09. The molecular formula is C12H7ClINO. The lowest BCUT2D eigenvalue weighted by molar-refractivity contribution is 0.103. The topological polar surface area (TPSA) is 30.0 Å². The quantitative estimate of drug-likeness (QED) is 0.616. The van der Waals surface area contributed by atoms with Gasteiger partial charge >= 0.3 is 0 Å². The van der Waals surface area contributed by atoms with Crippen molar-refractivity contribution in [2.24, 2.45) is 0 Å². The lowest BCUT2D eigenvalue weighted by Gasteiger charge is -2.02. The summed E-state index contributed by atoms with van der Waals surface area (Å²) in [5, 5.41) is 0.573. The van der Waals surface area contributed by atoms with Gasteiger partial charge in [-0.3, -0.25) is 9.78 Å². The van der Waals surface area contributed by atoms with E-state index in [0.717, 1.165) is 3.57 Å². The number of ketones is 1. The number of pyridine rings is 1. The zero-order valence-corrected chi connectivity index (χ0v) is 11.1. The molecule has 1 aromatic heterocycles. The summed E-state index contributed by atoms with van der Waals surface area (Å²) in [5.41, 5.74) is 1.22. The number of benzene rings is 1. The Kier molecular flexibility index (Phi) is 3.56. The fraction of sp³-hybridized carbons (Fsp3) is 0. The summed E-state index contributed by atoms with van der Waals surface area (Å²) in [6.07, 6.45) is 3.20. The second kappa shape index (κ2) is 4.93. The Morgan fingerprint density at radius 3 is 2.44 bits per heavy atom. The highest BCUT2D eigenvalue weighted by atomic mass is 127. The Labute approximate surface area is 112 Å². The number of carbonyl (C=O) groups excluding carboxylic acids is 1. The average molecular weight is 344 g/mol. The van der Waals surface area contributed by atoms with Crippen LogP contribution in [0.25, 0.3) is 0 Å². The molecule has 2 rings (SSSR count). The first-order valence-electron chi connectivity index (χ1n) is 4.57. The summed E-state index contributed by atoms with van der Waals surface area (Å²) >= 11 is 8.05. The van der Waals surface area contributed by atoms with Crippen LogP contribution in [0.3, 0.4) is 0 Å². The molecule has 0 N–H and O–H groups in total. The third kappa shape index (κ3) is 2.59. The Bertz CT molecular complexity index is 508. The maximum atomic E-state index is 12.1. The Morgan fingerprint density at radius 1 is 1.12 bits per heavy atom. The van der Waals surface area contributed by atoms with Crippen molar-refractivity contribution in [2.75, 3.05) is 0 Å². The van der Waals surface area contributed by atoms with E-state index in [9.17, 15) is 4.79 Å². The fourth-order valence-corrected chi connectivity index (χ4v) is 2.45. The second-order valence-electron chi connectivity index (χ2n) is 3.22. The van der Waals surface area contributed by atoms with Gasteiger partial charge in [0.25, 0.3) is 0 Å². The summed E-state index contributed by atoms with van der Waals surface area (Å²) in [5.74, 6) is -0.0391. The van der Waals surface area contributed by atoms with E-state index in [1.807, 2.05) is 12.1 Å². The minimum absolute atomic E-state index is 0.0391. The van der Waals surface area contributed by atoms with Crippen LogP contribution >= 0.6 is 34.2 Å². The molecule has 1 aromatic carbocycles. The molecule has 16 heavy (non-hydrogen) atoms. The van der Waals surface area contributed by atoms with Crippen LogP contribution in [0.1, 0.15) is 15.9 Å². The number of carbonyl (C=O) groups is 1. The van der Waals surface area contributed by atoms with Crippen LogP contribution in [0.15, 0.2) is 42.7 Å². The lowest BCUT2D eigenvalue weighted by atomic mass is 10.1. The number of nitrogens with zero attached hydrogens (tertiary/aromatic N) is 1. The molecule has 0 fully saturated rings. The second-order valence-corrected chi connectivity index (χ2v) is 4.91. The molecule has 80 valence electrons. The van der Waals surface area contributed by atoms with Gasteiger partial charge in [-0.25, -0.2) is 0 Å². The number of halogens is 2. The maximum absolute atomic E-state index is 12.1. The third-order valence-electron chi connectivity index (χ3n) is 2.07. The molecule has 0 saturated heterocycles. The van der Waals surface area contributed by atoms with Crippen LogP contribution in [0.5, 0.6) is 0 Å². The molecule has 4 heteroatoms. The molecule has 0 saturated carbocycles. The SMILES string of the molecule is O=C(c1ccncc1)c1cc(Cl)cc(I)c1. The molecule has 1 heterocycles. The number of aromatic nitrogens is 1. The summed E-state index contributed by atoms with van der Waals surface area (Å²) in [6.45, 7) is 0. The van der Waals surface area contributed by atoms with Crippen LogP contribution in [0.4, 0.5) is 0 Å². The van der Waals surface area contributed by atoms with Gasteiger partial charge in [0.05, 0.1) is 0 Å². The molecule has 0 aliphatic rings. The van der Waals surface area contributed by atoms with Gasteiger partial charge in [0.15, 0.2) is 5.78 Å². The van der Waals surface area contributed by atoms with Crippen molar-refractivity contribution in [3.8, 4) is 0 Å². The Hall–Kier alpha value is -0.940. The van der Waals surface area contributed by atoms with E-state index in [2.05, 4.69) is 27.6 Å². The van der Waals surface area contributed by atoms with Gasteiger partial charge < -0.3 is 0 Å². The molecule has 0 atom stereocenters. The van der Waals surface area contributed by atoms with Crippen LogP contribution < -0.4 is 0 Å². The monoisotopic (exact) mass is 343 g/mol. The molecule has 0 aliphatic carbocycles. The summed E-state index contributed by atoms with van der Waals surface area (Å²) < 4.78 is 0.947. The first kappa shape index (κ1) is 11.5. The highest BCUT2D eigenvalue weighted by molar-refractivity contribution is 14.1. The first-order valence-corrected chi connectivity index (χ1v) is 6.03. The third-order valence-corrected chi connectivity index (χ3v) is 2.91. The van der Waals surface area contributed by atoms with E-state index in [0.29, 0.717) is 16.1 Å². The van der Waals surface area contributed by atoms with Gasteiger partial charge in [0.1, 0.15) is 0 Å². The molecule has 0 bridgehead atoms. The minimum atomic E-state index is -0.0391. The predicted octanol–water partition coefficient (Wildman–Crippen LogP) is 3.57. The van der Waals surface area contributed by atoms with Crippen molar-refractivity contribution in [1.82, 2.24) is 4.98 Å². The smallest absolute Gasteiger partial charge is 0.193 e. The number of hydrogen-bond donors (Lipinski definition) is 0. The van der Waals surface area contributed by atoms with Crippen molar-refractivity contribution in [2.45, 2.75) is 0 Å². The van der Waals surface area contributed by atoms with Crippen molar-refractivity contribution in [3.63, 3.8) is 0 Å². The standard InChI is InChI=1S/C12H7ClINO/c13-10-5-9(6-11(14)7-10)12(16)8-1-3-15-4-2-8/h1-7H. The Morgan fingerprint density at radius 2 is 1.81 bits per heavy atom. The highest BCUT2D eigenvalue weighted by Crippen LogP contribution is 2.19. The maximum Gasteiger partial charge on any atom is 0.193 e. The summed E-state index contributed by atoms with van der Waals surface area (Å²) in [6, 6.07) is 8.68. The van der Waals surface area contributed by atoms with Gasteiger partial charge in [0, 0.05) is 32.1 Å². The van der Waals surface area contributed by atoms with Gasteiger partial charge in [-0.1, -0.05) is 11.6 Å². The van der Waals surface area contributed by atoms with Crippen LogP contribution in [-0.4, -0.2) is 10.8 Å². The van der Waals surface area contributed by atoms with Crippen molar-refractivity contribution in [3.05, 3.63) is 62.4 Å². The van der Waals surface area contributed by atoms with E-state index in [-0.39, 0.29) is 5.78 Å². The summed E-state index contributed by atoms with van der Waals surface area (Å²) in [4.78, 5) is 15.9. The van der Waals surface area contributed by atoms with Crippen LogP contribution in [0, 0.1) is 3.57 Å². The van der Waals surface area contributed by atoms with E-state index < -0.39 is 0 Å². The van der Waals surface area contributed by atoms with Crippen LogP contribution in [0.2, 0.25) is 5.02 Å². The molecule has 0 unspecified atom stereocenters. The van der Waals surface area contributed by atoms with Crippen molar-refractivity contribution < 1.29 is 4.79 Å². The van der Waals surface area contributed by atoms with Gasteiger partial charge in [0.2, 0.25) is 0 Å². The summed E-state index contributed by atoms with van der Waals surface area (Å²) in [7, 11) is 0. The molecular weight excluding hydrogens is 336 g/mol. The molecule has 0 radical (unpaired) electrons. The number of hydrogen-bond acceptors (Lipinski definition) is 2. The van der Waals surface area contributed by atoms with Gasteiger partial charge in [-0.15, -0.1) is 0 Å². The average Bonchev–Trinajstić information content (AvgIpc) is 2.28. The molecule has 0 spiro atoms. The zero-order valence-electron chi connectivity index (χ0n) is 8.15. The predicted molar refractivity (Wildman–Crippen MR) is 71.8 cm³/mol. The largest absolute Gasteiger partial charge is 0.289 e. The van der Waals surface area contributed by atoms with E-state index in [1.165, 1.54) is 0 Å². The Balaban J connectivity index is 2.42. The fourth-order valence-electron chi connectivity index (χ4n) is 1.35. The van der Waals surface area contributed by atoms with Gasteiger partial charge in [-0.05, 0) is 52.9 Å². The normalized spacial score (nSPS) is 10.1. The molecule has 2 aromatic rings. The van der Waals surface area contributed by atoms with Crippen molar-refractivity contribution >= 4 is 40.0 Å². The number of rotatable bonds is 2. The van der Waals surface area contributed by atoms with E-state index in [4.69, 9.17) is 11.6 Å². The van der Waals surface area contributed by atoms with Gasteiger partial charge in [-0.2, -0.15) is 0 Å². The first-order chi connectivity index (χ1) is 7.66.